The predicted molar refractivity (Wildman–Crippen MR) is 102 cm³/mol. The molecule has 1 aliphatic heterocycles. The summed E-state index contributed by atoms with van der Waals surface area (Å²) in [4.78, 5) is 31.5. The normalized spacial score (nSPS) is 15.7. The van der Waals surface area contributed by atoms with Crippen molar-refractivity contribution < 1.29 is 39.2 Å². The molecule has 1 fully saturated rings. The second-order valence-electron chi connectivity index (χ2n) is 6.57. The lowest BCUT2D eigenvalue weighted by atomic mass is 9.96. The van der Waals surface area contributed by atoms with E-state index in [0.29, 0.717) is 13.2 Å². The Bertz CT molecular complexity index is 662. The average Bonchev–Trinajstić information content (AvgIpc) is 2.69. The number of carboxylic acids is 2. The van der Waals surface area contributed by atoms with E-state index in [2.05, 4.69) is 4.90 Å². The largest absolute Gasteiger partial charge is 0.496 e. The Hall–Kier alpha value is -2.69. The molecule has 1 atom stereocenters. The zero-order chi connectivity index (χ0) is 21.8. The van der Waals surface area contributed by atoms with Crippen LogP contribution in [0.5, 0.6) is 5.75 Å². The Morgan fingerprint density at radius 3 is 2.28 bits per heavy atom. The number of carboxylic acid groups (broad SMARTS) is 2. The summed E-state index contributed by atoms with van der Waals surface area (Å²) in [6.07, 6.45) is 0.990. The predicted octanol–water partition coefficient (Wildman–Crippen LogP) is -0.0744. The molecule has 162 valence electrons. The number of aliphatic hydroxyl groups excluding tert-OH is 1. The zero-order valence-corrected chi connectivity index (χ0v) is 16.3. The summed E-state index contributed by atoms with van der Waals surface area (Å²) in [7, 11) is 1.63. The molecule has 1 heterocycles. The van der Waals surface area contributed by atoms with Gasteiger partial charge in [-0.15, -0.1) is 0 Å². The third kappa shape index (κ3) is 9.37. The Kier molecular flexibility index (Phi) is 10.7. The van der Waals surface area contributed by atoms with Crippen LogP contribution in [-0.2, 0) is 25.7 Å². The number of nitrogens with two attached hydrogens (primary N) is 1. The second-order valence-corrected chi connectivity index (χ2v) is 6.57. The van der Waals surface area contributed by atoms with Crippen molar-refractivity contribution in [2.24, 2.45) is 11.7 Å². The average molecular weight is 412 g/mol. The number of aliphatic hydroxyl groups is 1. The molecule has 1 aromatic rings. The van der Waals surface area contributed by atoms with Gasteiger partial charge in [0, 0.05) is 18.0 Å². The first-order valence-electron chi connectivity index (χ1n) is 9.10. The molecule has 29 heavy (non-hydrogen) atoms. The minimum absolute atomic E-state index is 0.0230. The number of likely N-dealkylation sites (tertiary alicyclic amines) is 1. The highest BCUT2D eigenvalue weighted by molar-refractivity contribution is 6.27. The number of benzene rings is 1. The second kappa shape index (κ2) is 12.7. The number of ether oxygens (including phenoxy) is 2. The van der Waals surface area contributed by atoms with E-state index in [9.17, 15) is 9.90 Å². The van der Waals surface area contributed by atoms with Crippen molar-refractivity contribution in [3.05, 3.63) is 29.8 Å². The fourth-order valence-corrected chi connectivity index (χ4v) is 2.88. The SMILES string of the molecule is COc1ccccc1COCC(O)CN1CCC(C(N)=O)CC1.O=C(O)C(=O)O. The molecule has 1 unspecified atom stereocenters. The van der Waals surface area contributed by atoms with Crippen LogP contribution in [0.3, 0.4) is 0 Å². The van der Waals surface area contributed by atoms with Crippen molar-refractivity contribution in [1.82, 2.24) is 4.90 Å². The molecule has 1 amide bonds. The fraction of sp³-hybridized carbons (Fsp3) is 0.526. The summed E-state index contributed by atoms with van der Waals surface area (Å²) in [6.45, 7) is 2.81. The van der Waals surface area contributed by atoms with E-state index in [1.54, 1.807) is 7.11 Å². The van der Waals surface area contributed by atoms with E-state index >= 15 is 0 Å². The van der Waals surface area contributed by atoms with Crippen molar-refractivity contribution in [2.45, 2.75) is 25.6 Å². The first-order chi connectivity index (χ1) is 13.7. The number of piperidine rings is 1. The highest BCUT2D eigenvalue weighted by atomic mass is 16.5. The van der Waals surface area contributed by atoms with E-state index in [-0.39, 0.29) is 18.4 Å². The maximum absolute atomic E-state index is 11.1. The monoisotopic (exact) mass is 412 g/mol. The number of para-hydroxylation sites is 1. The lowest BCUT2D eigenvalue weighted by molar-refractivity contribution is -0.159. The van der Waals surface area contributed by atoms with Gasteiger partial charge in [-0.25, -0.2) is 9.59 Å². The lowest BCUT2D eigenvalue weighted by Gasteiger charge is -2.31. The Morgan fingerprint density at radius 2 is 1.76 bits per heavy atom. The van der Waals surface area contributed by atoms with Crippen LogP contribution in [0.15, 0.2) is 24.3 Å². The summed E-state index contributed by atoms with van der Waals surface area (Å²) in [5.41, 5.74) is 6.28. The maximum atomic E-state index is 11.1. The third-order valence-corrected chi connectivity index (χ3v) is 4.40. The molecular weight excluding hydrogens is 384 g/mol. The first kappa shape index (κ1) is 24.3. The number of aliphatic carboxylic acids is 2. The van der Waals surface area contributed by atoms with Crippen LogP contribution in [0, 0.1) is 5.92 Å². The molecule has 0 aromatic heterocycles. The van der Waals surface area contributed by atoms with E-state index < -0.39 is 18.0 Å². The molecule has 0 aliphatic carbocycles. The van der Waals surface area contributed by atoms with E-state index in [4.69, 9.17) is 35.0 Å². The Morgan fingerprint density at radius 1 is 1.17 bits per heavy atom. The van der Waals surface area contributed by atoms with Crippen molar-refractivity contribution in [2.75, 3.05) is 33.4 Å². The van der Waals surface area contributed by atoms with Crippen molar-refractivity contribution in [1.29, 1.82) is 0 Å². The number of nitrogens with zero attached hydrogens (tertiary/aromatic N) is 1. The van der Waals surface area contributed by atoms with Gasteiger partial charge in [-0.3, -0.25) is 4.79 Å². The number of primary amides is 1. The molecule has 0 bridgehead atoms. The molecule has 0 radical (unpaired) electrons. The number of hydrogen-bond donors (Lipinski definition) is 4. The van der Waals surface area contributed by atoms with Crippen molar-refractivity contribution in [3.8, 4) is 5.75 Å². The van der Waals surface area contributed by atoms with Gasteiger partial charge < -0.3 is 35.4 Å². The van der Waals surface area contributed by atoms with Gasteiger partial charge in [0.15, 0.2) is 0 Å². The number of rotatable bonds is 8. The molecule has 0 saturated carbocycles. The minimum Gasteiger partial charge on any atom is -0.496 e. The minimum atomic E-state index is -1.82. The number of hydrogen-bond acceptors (Lipinski definition) is 7. The molecule has 1 aromatic carbocycles. The highest BCUT2D eigenvalue weighted by Crippen LogP contribution is 2.19. The van der Waals surface area contributed by atoms with E-state index in [1.807, 2.05) is 24.3 Å². The number of β-amino-alcohol motifs (C(OH)–C–C–N with tert-alkyl or cyclic N) is 1. The topological polar surface area (TPSA) is 160 Å². The molecule has 0 spiro atoms. The summed E-state index contributed by atoms with van der Waals surface area (Å²) in [6, 6.07) is 7.67. The van der Waals surface area contributed by atoms with Gasteiger partial charge >= 0.3 is 11.9 Å². The van der Waals surface area contributed by atoms with E-state index in [0.717, 1.165) is 37.2 Å². The van der Waals surface area contributed by atoms with E-state index in [1.165, 1.54) is 0 Å². The summed E-state index contributed by atoms with van der Waals surface area (Å²) in [5, 5.41) is 24.9. The first-order valence-corrected chi connectivity index (χ1v) is 9.10. The van der Waals surface area contributed by atoms with Crippen molar-refractivity contribution >= 4 is 17.8 Å². The summed E-state index contributed by atoms with van der Waals surface area (Å²) >= 11 is 0. The van der Waals surface area contributed by atoms with Gasteiger partial charge in [0.2, 0.25) is 5.91 Å². The van der Waals surface area contributed by atoms with Crippen LogP contribution in [0.1, 0.15) is 18.4 Å². The van der Waals surface area contributed by atoms with Crippen LogP contribution in [0.2, 0.25) is 0 Å². The Balaban J connectivity index is 0.000000612. The summed E-state index contributed by atoms with van der Waals surface area (Å²) in [5.74, 6) is -3.10. The van der Waals surface area contributed by atoms with Crippen molar-refractivity contribution in [3.63, 3.8) is 0 Å². The Labute approximate surface area is 168 Å². The van der Waals surface area contributed by atoms with Gasteiger partial charge in [0.05, 0.1) is 26.4 Å². The molecule has 1 aliphatic rings. The molecule has 1 saturated heterocycles. The lowest BCUT2D eigenvalue weighted by Crippen LogP contribution is -2.42. The third-order valence-electron chi connectivity index (χ3n) is 4.40. The van der Waals surface area contributed by atoms with Crippen LogP contribution in [0.4, 0.5) is 0 Å². The fourth-order valence-electron chi connectivity index (χ4n) is 2.88. The van der Waals surface area contributed by atoms with Gasteiger partial charge in [-0.1, -0.05) is 18.2 Å². The van der Waals surface area contributed by atoms with Crippen LogP contribution in [0.25, 0.3) is 0 Å². The van der Waals surface area contributed by atoms with Gasteiger partial charge in [-0.2, -0.15) is 0 Å². The molecule has 2 rings (SSSR count). The quantitative estimate of drug-likeness (QED) is 0.428. The maximum Gasteiger partial charge on any atom is 0.414 e. The van der Waals surface area contributed by atoms with Gasteiger partial charge in [0.25, 0.3) is 0 Å². The molecule has 10 nitrogen and oxygen atoms in total. The number of amides is 1. The zero-order valence-electron chi connectivity index (χ0n) is 16.3. The standard InChI is InChI=1S/C17H26N2O4.C2H2O4/c1-22-16-5-3-2-4-14(16)11-23-12-15(20)10-19-8-6-13(7-9-19)17(18)21;3-1(4)2(5)6/h2-5,13,15,20H,6-12H2,1H3,(H2,18,21);(H,3,4)(H,5,6). The summed E-state index contributed by atoms with van der Waals surface area (Å²) < 4.78 is 10.9. The van der Waals surface area contributed by atoms with Crippen LogP contribution < -0.4 is 10.5 Å². The van der Waals surface area contributed by atoms with Gasteiger partial charge in [-0.05, 0) is 32.0 Å². The number of carbonyl (C=O) groups excluding carboxylic acids is 1. The number of carbonyl (C=O) groups is 3. The number of methoxy groups -OCH3 is 1. The molecular formula is C19H28N2O8. The smallest absolute Gasteiger partial charge is 0.414 e. The van der Waals surface area contributed by atoms with Crippen LogP contribution in [-0.4, -0.2) is 77.5 Å². The highest BCUT2D eigenvalue weighted by Gasteiger charge is 2.24. The molecule has 10 heteroatoms. The van der Waals surface area contributed by atoms with Gasteiger partial charge in [0.1, 0.15) is 5.75 Å². The van der Waals surface area contributed by atoms with Crippen LogP contribution >= 0.6 is 0 Å². The molecule has 5 N–H and O–H groups in total.